The summed E-state index contributed by atoms with van der Waals surface area (Å²) in [5.74, 6) is 2.15. The molecule has 96 valence electrons. The van der Waals surface area contributed by atoms with E-state index in [0.717, 1.165) is 18.7 Å². The predicted octanol–water partition coefficient (Wildman–Crippen LogP) is 2.32. The zero-order valence-electron chi connectivity index (χ0n) is 10.9. The van der Waals surface area contributed by atoms with Crippen molar-refractivity contribution in [2.45, 2.75) is 40.2 Å². The molecule has 2 aromatic rings. The summed E-state index contributed by atoms with van der Waals surface area (Å²) in [5, 5.41) is 4.11. The number of hydrogen-bond acceptors (Lipinski definition) is 4. The van der Waals surface area contributed by atoms with Gasteiger partial charge in [0.15, 0.2) is 5.78 Å². The Morgan fingerprint density at radius 3 is 2.83 bits per heavy atom. The number of hydrogen-bond donors (Lipinski definition) is 0. The molecule has 0 aliphatic rings. The summed E-state index contributed by atoms with van der Waals surface area (Å²) in [6.07, 6.45) is 2.72. The highest BCUT2D eigenvalue weighted by atomic mass is 16.3. The van der Waals surface area contributed by atoms with E-state index in [1.807, 2.05) is 6.92 Å². The molecular weight excluding hydrogens is 230 g/mol. The van der Waals surface area contributed by atoms with Gasteiger partial charge in [0, 0.05) is 6.54 Å². The molecule has 5 nitrogen and oxygen atoms in total. The SMILES string of the molecule is CCCn1ncnc1CC(=O)c1cc(C)oc1C. The van der Waals surface area contributed by atoms with Crippen LogP contribution in [0.1, 0.15) is 41.0 Å². The van der Waals surface area contributed by atoms with Gasteiger partial charge in [-0.3, -0.25) is 4.79 Å². The van der Waals surface area contributed by atoms with Gasteiger partial charge in [-0.15, -0.1) is 0 Å². The summed E-state index contributed by atoms with van der Waals surface area (Å²) in [6, 6.07) is 1.78. The van der Waals surface area contributed by atoms with Crippen molar-refractivity contribution in [2.75, 3.05) is 0 Å². The lowest BCUT2D eigenvalue weighted by molar-refractivity contribution is 0.0988. The van der Waals surface area contributed by atoms with Gasteiger partial charge in [0.25, 0.3) is 0 Å². The van der Waals surface area contributed by atoms with E-state index >= 15 is 0 Å². The van der Waals surface area contributed by atoms with Crippen LogP contribution in [0.15, 0.2) is 16.8 Å². The number of carbonyl (C=O) groups is 1. The second kappa shape index (κ2) is 5.16. The van der Waals surface area contributed by atoms with E-state index < -0.39 is 0 Å². The van der Waals surface area contributed by atoms with Gasteiger partial charge < -0.3 is 4.42 Å². The normalized spacial score (nSPS) is 10.8. The highest BCUT2D eigenvalue weighted by Crippen LogP contribution is 2.16. The van der Waals surface area contributed by atoms with Crippen LogP contribution in [-0.4, -0.2) is 20.5 Å². The smallest absolute Gasteiger partial charge is 0.173 e. The molecule has 0 saturated carbocycles. The van der Waals surface area contributed by atoms with E-state index in [4.69, 9.17) is 4.42 Å². The van der Waals surface area contributed by atoms with E-state index in [0.29, 0.717) is 17.1 Å². The maximum Gasteiger partial charge on any atom is 0.173 e. The molecule has 0 radical (unpaired) electrons. The molecular formula is C13H17N3O2. The fourth-order valence-electron chi connectivity index (χ4n) is 1.97. The maximum absolute atomic E-state index is 12.2. The minimum Gasteiger partial charge on any atom is -0.466 e. The Hall–Kier alpha value is -1.91. The highest BCUT2D eigenvalue weighted by Gasteiger charge is 2.16. The van der Waals surface area contributed by atoms with Crippen molar-refractivity contribution in [3.05, 3.63) is 35.3 Å². The average Bonchev–Trinajstić information content (AvgIpc) is 2.87. The molecule has 0 spiro atoms. The van der Waals surface area contributed by atoms with E-state index in [2.05, 4.69) is 17.0 Å². The van der Waals surface area contributed by atoms with Crippen molar-refractivity contribution < 1.29 is 9.21 Å². The Morgan fingerprint density at radius 1 is 1.44 bits per heavy atom. The Bertz CT molecular complexity index is 554. The number of Topliss-reactive ketones (excluding diaryl/α,β-unsaturated/α-hetero) is 1. The minimum absolute atomic E-state index is 0.0229. The van der Waals surface area contributed by atoms with E-state index in [9.17, 15) is 4.79 Å². The molecule has 0 amide bonds. The molecule has 18 heavy (non-hydrogen) atoms. The molecule has 0 unspecified atom stereocenters. The molecule has 0 fully saturated rings. The summed E-state index contributed by atoms with van der Waals surface area (Å²) in [6.45, 7) is 6.49. The molecule has 0 aromatic carbocycles. The third-order valence-corrected chi connectivity index (χ3v) is 2.79. The van der Waals surface area contributed by atoms with Gasteiger partial charge in [0.1, 0.15) is 23.7 Å². The number of aryl methyl sites for hydroxylation is 3. The summed E-state index contributed by atoms with van der Waals surface area (Å²) >= 11 is 0. The molecule has 0 aliphatic carbocycles. The Kier molecular flexibility index (Phi) is 3.60. The first-order valence-corrected chi connectivity index (χ1v) is 6.08. The minimum atomic E-state index is 0.0229. The molecule has 0 bridgehead atoms. The average molecular weight is 247 g/mol. The first-order chi connectivity index (χ1) is 8.61. The van der Waals surface area contributed by atoms with Crippen LogP contribution in [0.3, 0.4) is 0 Å². The lowest BCUT2D eigenvalue weighted by Gasteiger charge is -2.03. The van der Waals surface area contributed by atoms with Crippen LogP contribution in [0.4, 0.5) is 0 Å². The molecule has 0 atom stereocenters. The largest absolute Gasteiger partial charge is 0.466 e. The lowest BCUT2D eigenvalue weighted by atomic mass is 10.1. The molecule has 5 heteroatoms. The van der Waals surface area contributed by atoms with Crippen molar-refractivity contribution in [3.8, 4) is 0 Å². The number of rotatable bonds is 5. The summed E-state index contributed by atoms with van der Waals surface area (Å²) < 4.78 is 7.15. The summed E-state index contributed by atoms with van der Waals surface area (Å²) in [5.41, 5.74) is 0.638. The fourth-order valence-corrected chi connectivity index (χ4v) is 1.97. The van der Waals surface area contributed by atoms with Crippen molar-refractivity contribution in [2.24, 2.45) is 0 Å². The summed E-state index contributed by atoms with van der Waals surface area (Å²) in [7, 11) is 0. The van der Waals surface area contributed by atoms with Crippen LogP contribution < -0.4 is 0 Å². The Balaban J connectivity index is 2.16. The van der Waals surface area contributed by atoms with Gasteiger partial charge in [-0.1, -0.05) is 6.92 Å². The second-order valence-corrected chi connectivity index (χ2v) is 4.33. The van der Waals surface area contributed by atoms with Gasteiger partial charge in [-0.05, 0) is 26.3 Å². The standard InChI is InChI=1S/C13H17N3O2/c1-4-5-16-13(14-8-15-16)7-12(17)11-6-9(2)18-10(11)3/h6,8H,4-5,7H2,1-3H3. The number of aromatic nitrogens is 3. The predicted molar refractivity (Wildman–Crippen MR) is 66.5 cm³/mol. The van der Waals surface area contributed by atoms with Crippen LogP contribution >= 0.6 is 0 Å². The van der Waals surface area contributed by atoms with Crippen LogP contribution in [-0.2, 0) is 13.0 Å². The first-order valence-electron chi connectivity index (χ1n) is 6.08. The number of carbonyl (C=O) groups excluding carboxylic acids is 1. The third-order valence-electron chi connectivity index (χ3n) is 2.79. The van der Waals surface area contributed by atoms with Crippen LogP contribution in [0.25, 0.3) is 0 Å². The summed E-state index contributed by atoms with van der Waals surface area (Å²) in [4.78, 5) is 16.3. The third kappa shape index (κ3) is 2.50. The van der Waals surface area contributed by atoms with Gasteiger partial charge in [0.2, 0.25) is 0 Å². The quantitative estimate of drug-likeness (QED) is 0.761. The van der Waals surface area contributed by atoms with E-state index in [-0.39, 0.29) is 12.2 Å². The molecule has 2 rings (SSSR count). The number of furan rings is 1. The van der Waals surface area contributed by atoms with Crippen molar-refractivity contribution >= 4 is 5.78 Å². The van der Waals surface area contributed by atoms with Crippen LogP contribution in [0.2, 0.25) is 0 Å². The maximum atomic E-state index is 12.2. The Morgan fingerprint density at radius 2 is 2.22 bits per heavy atom. The molecule has 2 aromatic heterocycles. The number of ketones is 1. The highest BCUT2D eigenvalue weighted by molar-refractivity contribution is 5.98. The van der Waals surface area contributed by atoms with E-state index in [1.54, 1.807) is 17.7 Å². The van der Waals surface area contributed by atoms with E-state index in [1.165, 1.54) is 6.33 Å². The van der Waals surface area contributed by atoms with Crippen molar-refractivity contribution in [3.63, 3.8) is 0 Å². The Labute approximate surface area is 106 Å². The zero-order chi connectivity index (χ0) is 13.1. The van der Waals surface area contributed by atoms with Gasteiger partial charge in [0.05, 0.1) is 12.0 Å². The molecule has 0 aliphatic heterocycles. The number of nitrogens with zero attached hydrogens (tertiary/aromatic N) is 3. The zero-order valence-corrected chi connectivity index (χ0v) is 10.9. The van der Waals surface area contributed by atoms with Crippen molar-refractivity contribution in [1.29, 1.82) is 0 Å². The van der Waals surface area contributed by atoms with Gasteiger partial charge in [-0.2, -0.15) is 5.10 Å². The molecule has 0 saturated heterocycles. The monoisotopic (exact) mass is 247 g/mol. The van der Waals surface area contributed by atoms with Gasteiger partial charge in [-0.25, -0.2) is 9.67 Å². The van der Waals surface area contributed by atoms with Crippen molar-refractivity contribution in [1.82, 2.24) is 14.8 Å². The second-order valence-electron chi connectivity index (χ2n) is 4.33. The molecule has 2 heterocycles. The van der Waals surface area contributed by atoms with Crippen LogP contribution in [0, 0.1) is 13.8 Å². The fraction of sp³-hybridized carbons (Fsp3) is 0.462. The topological polar surface area (TPSA) is 60.9 Å². The van der Waals surface area contributed by atoms with Gasteiger partial charge >= 0.3 is 0 Å². The molecule has 0 N–H and O–H groups in total. The lowest BCUT2D eigenvalue weighted by Crippen LogP contribution is -2.11. The van der Waals surface area contributed by atoms with Crippen LogP contribution in [0.5, 0.6) is 0 Å². The first kappa shape index (κ1) is 12.5.